The topological polar surface area (TPSA) is 32.3 Å². The van der Waals surface area contributed by atoms with Gasteiger partial charge in [-0.1, -0.05) is 27.7 Å². The van der Waals surface area contributed by atoms with E-state index in [0.29, 0.717) is 11.3 Å². The molecule has 3 nitrogen and oxygen atoms in total. The second-order valence-electron chi connectivity index (χ2n) is 7.96. The summed E-state index contributed by atoms with van der Waals surface area (Å²) in [6.07, 6.45) is 6.63. The Bertz CT molecular complexity index is 338. The van der Waals surface area contributed by atoms with Crippen LogP contribution in [0.5, 0.6) is 0 Å². The lowest BCUT2D eigenvalue weighted by Crippen LogP contribution is -2.45. The zero-order valence-electron chi connectivity index (χ0n) is 13.7. The van der Waals surface area contributed by atoms with Crippen LogP contribution in [0.15, 0.2) is 0 Å². The molecule has 1 N–H and O–H groups in total. The normalized spacial score (nSPS) is 30.6. The molecule has 1 amide bonds. The van der Waals surface area contributed by atoms with Gasteiger partial charge in [0, 0.05) is 25.0 Å². The Morgan fingerprint density at radius 2 is 2.10 bits per heavy atom. The van der Waals surface area contributed by atoms with Crippen molar-refractivity contribution >= 4 is 5.91 Å². The van der Waals surface area contributed by atoms with Gasteiger partial charge in [-0.05, 0) is 50.0 Å². The minimum absolute atomic E-state index is 0.102. The van der Waals surface area contributed by atoms with Crippen LogP contribution in [0, 0.1) is 17.3 Å². The molecule has 20 heavy (non-hydrogen) atoms. The zero-order valence-corrected chi connectivity index (χ0v) is 13.7. The van der Waals surface area contributed by atoms with Gasteiger partial charge in [-0.15, -0.1) is 0 Å². The van der Waals surface area contributed by atoms with Crippen molar-refractivity contribution in [2.45, 2.75) is 65.8 Å². The first-order chi connectivity index (χ1) is 9.37. The Balaban J connectivity index is 1.79. The minimum atomic E-state index is 0.102. The Labute approximate surface area is 124 Å². The fourth-order valence-corrected chi connectivity index (χ4v) is 3.76. The van der Waals surface area contributed by atoms with Crippen LogP contribution in [0.4, 0.5) is 0 Å². The van der Waals surface area contributed by atoms with Crippen LogP contribution < -0.4 is 5.32 Å². The van der Waals surface area contributed by atoms with Gasteiger partial charge in [-0.25, -0.2) is 0 Å². The standard InChI is InChI=1S/C17H32N2O/c1-13(2)16(20)18-11-14-6-5-9-19(12-14)15-7-8-17(3,4)10-15/h13-15H,5-12H2,1-4H3,(H,18,20)/t14-,15-/m1/s1. The van der Waals surface area contributed by atoms with Crippen molar-refractivity contribution in [1.82, 2.24) is 10.2 Å². The average Bonchev–Trinajstić information content (AvgIpc) is 2.76. The Morgan fingerprint density at radius 1 is 1.35 bits per heavy atom. The number of amides is 1. The Morgan fingerprint density at radius 3 is 2.70 bits per heavy atom. The average molecular weight is 280 g/mol. The van der Waals surface area contributed by atoms with E-state index in [9.17, 15) is 4.79 Å². The second kappa shape index (κ2) is 6.46. The van der Waals surface area contributed by atoms with Crippen molar-refractivity contribution in [3.63, 3.8) is 0 Å². The molecular weight excluding hydrogens is 248 g/mol. The summed E-state index contributed by atoms with van der Waals surface area (Å²) in [5.74, 6) is 0.949. The number of carbonyl (C=O) groups is 1. The zero-order chi connectivity index (χ0) is 14.8. The second-order valence-corrected chi connectivity index (χ2v) is 7.96. The van der Waals surface area contributed by atoms with Gasteiger partial charge in [-0.3, -0.25) is 4.79 Å². The predicted octanol–water partition coefficient (Wildman–Crippen LogP) is 3.05. The van der Waals surface area contributed by atoms with Gasteiger partial charge >= 0.3 is 0 Å². The molecule has 0 radical (unpaired) electrons. The number of hydrogen-bond acceptors (Lipinski definition) is 2. The summed E-state index contributed by atoms with van der Waals surface area (Å²) in [6, 6.07) is 0.786. The Hall–Kier alpha value is -0.570. The van der Waals surface area contributed by atoms with Crippen molar-refractivity contribution in [1.29, 1.82) is 0 Å². The van der Waals surface area contributed by atoms with E-state index in [2.05, 4.69) is 24.1 Å². The molecule has 0 aromatic heterocycles. The molecule has 0 aromatic rings. The lowest BCUT2D eigenvalue weighted by molar-refractivity contribution is -0.124. The molecule has 0 spiro atoms. The van der Waals surface area contributed by atoms with E-state index in [4.69, 9.17) is 0 Å². The maximum absolute atomic E-state index is 11.7. The first kappa shape index (κ1) is 15.8. The van der Waals surface area contributed by atoms with Crippen LogP contribution in [0.2, 0.25) is 0 Å². The maximum atomic E-state index is 11.7. The van der Waals surface area contributed by atoms with E-state index in [1.807, 2.05) is 13.8 Å². The first-order valence-electron chi connectivity index (χ1n) is 8.39. The van der Waals surface area contributed by atoms with E-state index in [1.54, 1.807) is 0 Å². The predicted molar refractivity (Wildman–Crippen MR) is 83.6 cm³/mol. The van der Waals surface area contributed by atoms with E-state index in [0.717, 1.165) is 12.6 Å². The summed E-state index contributed by atoms with van der Waals surface area (Å²) in [5, 5.41) is 3.11. The Kier molecular flexibility index (Phi) is 5.11. The van der Waals surface area contributed by atoms with Crippen molar-refractivity contribution in [3.05, 3.63) is 0 Å². The number of hydrogen-bond donors (Lipinski definition) is 1. The molecule has 0 aromatic carbocycles. The smallest absolute Gasteiger partial charge is 0.222 e. The molecule has 1 aliphatic carbocycles. The third kappa shape index (κ3) is 4.21. The lowest BCUT2D eigenvalue weighted by atomic mass is 9.91. The fourth-order valence-electron chi connectivity index (χ4n) is 3.76. The molecule has 1 aliphatic heterocycles. The van der Waals surface area contributed by atoms with Gasteiger partial charge in [0.25, 0.3) is 0 Å². The third-order valence-electron chi connectivity index (χ3n) is 5.10. The number of nitrogens with one attached hydrogen (secondary N) is 1. The van der Waals surface area contributed by atoms with E-state index < -0.39 is 0 Å². The van der Waals surface area contributed by atoms with Crippen molar-refractivity contribution < 1.29 is 4.79 Å². The van der Waals surface area contributed by atoms with Crippen LogP contribution in [0.3, 0.4) is 0 Å². The molecule has 116 valence electrons. The molecule has 1 saturated heterocycles. The van der Waals surface area contributed by atoms with Gasteiger partial charge in [0.2, 0.25) is 5.91 Å². The largest absolute Gasteiger partial charge is 0.356 e. The molecule has 2 fully saturated rings. The quantitative estimate of drug-likeness (QED) is 0.858. The molecule has 2 atom stereocenters. The number of rotatable bonds is 4. The fraction of sp³-hybridized carbons (Fsp3) is 0.941. The number of piperidine rings is 1. The van der Waals surface area contributed by atoms with E-state index >= 15 is 0 Å². The lowest BCUT2D eigenvalue weighted by Gasteiger charge is -2.37. The number of likely N-dealkylation sites (tertiary alicyclic amines) is 1. The highest BCUT2D eigenvalue weighted by Crippen LogP contribution is 2.40. The van der Waals surface area contributed by atoms with Crippen LogP contribution in [0.25, 0.3) is 0 Å². The summed E-state index contributed by atoms with van der Waals surface area (Å²) >= 11 is 0. The highest BCUT2D eigenvalue weighted by atomic mass is 16.1. The highest BCUT2D eigenvalue weighted by Gasteiger charge is 2.35. The summed E-state index contributed by atoms with van der Waals surface area (Å²) < 4.78 is 0. The SMILES string of the molecule is CC(C)C(=O)NC[C@H]1CCCN([C@@H]2CCC(C)(C)C2)C1. The molecular formula is C17H32N2O. The maximum Gasteiger partial charge on any atom is 0.222 e. The minimum Gasteiger partial charge on any atom is -0.356 e. The summed E-state index contributed by atoms with van der Waals surface area (Å²) in [6.45, 7) is 12.0. The first-order valence-corrected chi connectivity index (χ1v) is 8.39. The molecule has 1 saturated carbocycles. The van der Waals surface area contributed by atoms with Crippen molar-refractivity contribution in [3.8, 4) is 0 Å². The van der Waals surface area contributed by atoms with Gasteiger partial charge in [0.1, 0.15) is 0 Å². The molecule has 2 aliphatic rings. The molecule has 2 rings (SSSR count). The van der Waals surface area contributed by atoms with Gasteiger partial charge < -0.3 is 10.2 Å². The molecule has 3 heteroatoms. The summed E-state index contributed by atoms with van der Waals surface area (Å²) in [7, 11) is 0. The number of carbonyl (C=O) groups excluding carboxylic acids is 1. The van der Waals surface area contributed by atoms with Crippen molar-refractivity contribution in [2.24, 2.45) is 17.3 Å². The highest BCUT2D eigenvalue weighted by molar-refractivity contribution is 5.77. The van der Waals surface area contributed by atoms with Crippen LogP contribution in [-0.4, -0.2) is 36.5 Å². The van der Waals surface area contributed by atoms with Crippen LogP contribution in [0.1, 0.15) is 59.8 Å². The summed E-state index contributed by atoms with van der Waals surface area (Å²) in [5.41, 5.74) is 0.531. The molecule has 1 heterocycles. The third-order valence-corrected chi connectivity index (χ3v) is 5.10. The van der Waals surface area contributed by atoms with E-state index in [-0.39, 0.29) is 11.8 Å². The van der Waals surface area contributed by atoms with Crippen LogP contribution >= 0.6 is 0 Å². The summed E-state index contributed by atoms with van der Waals surface area (Å²) in [4.78, 5) is 14.4. The van der Waals surface area contributed by atoms with Gasteiger partial charge in [0.15, 0.2) is 0 Å². The number of nitrogens with zero attached hydrogens (tertiary/aromatic N) is 1. The van der Waals surface area contributed by atoms with Gasteiger partial charge in [0.05, 0.1) is 0 Å². The van der Waals surface area contributed by atoms with Crippen LogP contribution in [-0.2, 0) is 4.79 Å². The molecule has 0 unspecified atom stereocenters. The van der Waals surface area contributed by atoms with Crippen molar-refractivity contribution in [2.75, 3.05) is 19.6 Å². The van der Waals surface area contributed by atoms with Gasteiger partial charge in [-0.2, -0.15) is 0 Å². The van der Waals surface area contributed by atoms with E-state index in [1.165, 1.54) is 45.2 Å². The monoisotopic (exact) mass is 280 g/mol. The molecule has 0 bridgehead atoms.